The lowest BCUT2D eigenvalue weighted by atomic mass is 10.1. The van der Waals surface area contributed by atoms with Gasteiger partial charge in [-0.25, -0.2) is 4.79 Å². The van der Waals surface area contributed by atoms with Crippen LogP contribution in [0.4, 0.5) is 0 Å². The first kappa shape index (κ1) is 12.8. The lowest BCUT2D eigenvalue weighted by molar-refractivity contribution is -0.148. The minimum Gasteiger partial charge on any atom is -0.496 e. The molecule has 0 fully saturated rings. The summed E-state index contributed by atoms with van der Waals surface area (Å²) in [5, 5.41) is 9.41. The maximum Gasteiger partial charge on any atom is 0.333 e. The normalized spacial score (nSPS) is 12.2. The second-order valence-electron chi connectivity index (χ2n) is 3.22. The summed E-state index contributed by atoms with van der Waals surface area (Å²) in [5.74, 6) is -0.435. The van der Waals surface area contributed by atoms with Gasteiger partial charge in [0, 0.05) is 18.6 Å². The topological polar surface area (TPSA) is 55.8 Å². The van der Waals surface area contributed by atoms with Crippen LogP contribution < -0.4 is 4.74 Å². The zero-order valence-corrected chi connectivity index (χ0v) is 9.82. The molecule has 1 N–H and O–H groups in total. The van der Waals surface area contributed by atoms with Crippen molar-refractivity contribution in [1.82, 2.24) is 0 Å². The van der Waals surface area contributed by atoms with Crippen molar-refractivity contribution >= 4 is 17.6 Å². The molecule has 0 saturated carbocycles. The van der Waals surface area contributed by atoms with E-state index in [2.05, 4.69) is 0 Å². The van der Waals surface area contributed by atoms with Crippen LogP contribution in [0.15, 0.2) is 18.2 Å². The van der Waals surface area contributed by atoms with Gasteiger partial charge in [0.2, 0.25) is 0 Å². The Morgan fingerprint density at radius 3 is 2.69 bits per heavy atom. The van der Waals surface area contributed by atoms with Crippen LogP contribution in [0, 0.1) is 0 Å². The van der Waals surface area contributed by atoms with Crippen molar-refractivity contribution in [3.63, 3.8) is 0 Å². The van der Waals surface area contributed by atoms with Crippen LogP contribution in [0.25, 0.3) is 0 Å². The van der Waals surface area contributed by atoms with E-state index in [9.17, 15) is 4.79 Å². The van der Waals surface area contributed by atoms with Crippen molar-refractivity contribution in [2.24, 2.45) is 0 Å². The van der Waals surface area contributed by atoms with E-state index in [-0.39, 0.29) is 6.42 Å². The second kappa shape index (κ2) is 5.72. The molecule has 1 atom stereocenters. The van der Waals surface area contributed by atoms with E-state index in [0.29, 0.717) is 10.8 Å². The van der Waals surface area contributed by atoms with E-state index in [4.69, 9.17) is 26.2 Å². The Labute approximate surface area is 98.7 Å². The Kier molecular flexibility index (Phi) is 4.58. The first-order valence-corrected chi connectivity index (χ1v) is 5.04. The van der Waals surface area contributed by atoms with Crippen molar-refractivity contribution in [3.8, 4) is 5.75 Å². The third kappa shape index (κ3) is 3.12. The number of aliphatic carboxylic acids is 1. The minimum atomic E-state index is -1.00. The highest BCUT2D eigenvalue weighted by Crippen LogP contribution is 2.24. The van der Waals surface area contributed by atoms with E-state index < -0.39 is 12.1 Å². The first-order chi connectivity index (χ1) is 7.58. The van der Waals surface area contributed by atoms with E-state index >= 15 is 0 Å². The zero-order valence-electron chi connectivity index (χ0n) is 9.07. The van der Waals surface area contributed by atoms with Crippen molar-refractivity contribution < 1.29 is 19.4 Å². The summed E-state index contributed by atoms with van der Waals surface area (Å²) in [5.41, 5.74) is 0.751. The molecule has 0 aliphatic rings. The molecule has 1 aromatic carbocycles. The number of halogens is 1. The zero-order chi connectivity index (χ0) is 12.1. The number of hydrogen-bond donors (Lipinski definition) is 1. The average molecular weight is 245 g/mol. The van der Waals surface area contributed by atoms with Gasteiger partial charge in [0.05, 0.1) is 7.11 Å². The van der Waals surface area contributed by atoms with Crippen molar-refractivity contribution in [1.29, 1.82) is 0 Å². The molecule has 0 heterocycles. The molecule has 0 aliphatic carbocycles. The van der Waals surface area contributed by atoms with Crippen LogP contribution in [0.3, 0.4) is 0 Å². The van der Waals surface area contributed by atoms with Gasteiger partial charge < -0.3 is 14.6 Å². The summed E-state index contributed by atoms with van der Waals surface area (Å²) < 4.78 is 9.98. The number of ether oxygens (including phenoxy) is 2. The summed E-state index contributed by atoms with van der Waals surface area (Å²) in [7, 11) is 2.87. The van der Waals surface area contributed by atoms with Crippen molar-refractivity contribution in [3.05, 3.63) is 28.8 Å². The maximum absolute atomic E-state index is 10.8. The maximum atomic E-state index is 10.8. The number of rotatable bonds is 5. The summed E-state index contributed by atoms with van der Waals surface area (Å²) in [6.07, 6.45) is -0.637. The number of hydrogen-bond acceptors (Lipinski definition) is 3. The van der Waals surface area contributed by atoms with Gasteiger partial charge in [-0.1, -0.05) is 17.7 Å². The van der Waals surface area contributed by atoms with Crippen LogP contribution in [-0.4, -0.2) is 31.4 Å². The highest BCUT2D eigenvalue weighted by atomic mass is 35.5. The van der Waals surface area contributed by atoms with Gasteiger partial charge in [0.15, 0.2) is 6.10 Å². The molecule has 0 aromatic heterocycles. The molecular formula is C11H13ClO4. The highest BCUT2D eigenvalue weighted by Gasteiger charge is 2.19. The number of benzene rings is 1. The van der Waals surface area contributed by atoms with Gasteiger partial charge in [-0.2, -0.15) is 0 Å². The number of carbonyl (C=O) groups is 1. The SMILES string of the molecule is COc1cc(Cl)ccc1CC(OC)C(=O)O. The Morgan fingerprint density at radius 1 is 1.50 bits per heavy atom. The molecule has 0 aliphatic heterocycles. The Balaban J connectivity index is 2.91. The molecule has 5 heteroatoms. The highest BCUT2D eigenvalue weighted by molar-refractivity contribution is 6.30. The Morgan fingerprint density at radius 2 is 2.19 bits per heavy atom. The fourth-order valence-electron chi connectivity index (χ4n) is 1.36. The predicted molar refractivity (Wildman–Crippen MR) is 60.1 cm³/mol. The average Bonchev–Trinajstić information content (AvgIpc) is 2.26. The first-order valence-electron chi connectivity index (χ1n) is 4.66. The summed E-state index contributed by atoms with van der Waals surface area (Å²) in [6.45, 7) is 0. The smallest absolute Gasteiger partial charge is 0.333 e. The van der Waals surface area contributed by atoms with E-state index in [1.165, 1.54) is 14.2 Å². The van der Waals surface area contributed by atoms with Crippen LogP contribution in [0.1, 0.15) is 5.56 Å². The van der Waals surface area contributed by atoms with Crippen LogP contribution >= 0.6 is 11.6 Å². The van der Waals surface area contributed by atoms with Crippen molar-refractivity contribution in [2.45, 2.75) is 12.5 Å². The number of carboxylic acids is 1. The molecule has 0 saturated heterocycles. The van der Waals surface area contributed by atoms with E-state index in [1.54, 1.807) is 18.2 Å². The molecule has 0 amide bonds. The monoisotopic (exact) mass is 244 g/mol. The largest absolute Gasteiger partial charge is 0.496 e. The quantitative estimate of drug-likeness (QED) is 0.861. The van der Waals surface area contributed by atoms with Crippen LogP contribution in [0.2, 0.25) is 5.02 Å². The predicted octanol–water partition coefficient (Wildman–Crippen LogP) is 1.99. The molecule has 0 radical (unpaired) electrons. The molecule has 1 aromatic rings. The molecule has 16 heavy (non-hydrogen) atoms. The van der Waals surface area contributed by atoms with Crippen LogP contribution in [0.5, 0.6) is 5.75 Å². The van der Waals surface area contributed by atoms with Gasteiger partial charge in [-0.15, -0.1) is 0 Å². The molecule has 88 valence electrons. The van der Waals surface area contributed by atoms with E-state index in [1.807, 2.05) is 0 Å². The van der Waals surface area contributed by atoms with E-state index in [0.717, 1.165) is 5.56 Å². The molecule has 4 nitrogen and oxygen atoms in total. The fourth-order valence-corrected chi connectivity index (χ4v) is 1.52. The summed E-state index contributed by atoms with van der Waals surface area (Å²) in [6, 6.07) is 5.07. The Bertz CT molecular complexity index is 378. The fraction of sp³-hybridized carbons (Fsp3) is 0.364. The summed E-state index contributed by atoms with van der Waals surface area (Å²) in [4.78, 5) is 10.8. The lowest BCUT2D eigenvalue weighted by Gasteiger charge is -2.13. The lowest BCUT2D eigenvalue weighted by Crippen LogP contribution is -2.25. The number of carboxylic acid groups (broad SMARTS) is 1. The molecule has 1 rings (SSSR count). The second-order valence-corrected chi connectivity index (χ2v) is 3.66. The minimum absolute atomic E-state index is 0.242. The number of methoxy groups -OCH3 is 2. The van der Waals surface area contributed by atoms with Gasteiger partial charge in [-0.3, -0.25) is 0 Å². The standard InChI is InChI=1S/C11H13ClO4/c1-15-9-6-8(12)4-3-7(9)5-10(16-2)11(13)14/h3-4,6,10H,5H2,1-2H3,(H,13,14). The van der Waals surface area contributed by atoms with Gasteiger partial charge in [-0.05, 0) is 17.7 Å². The third-order valence-corrected chi connectivity index (χ3v) is 2.45. The van der Waals surface area contributed by atoms with Gasteiger partial charge in [0.1, 0.15) is 5.75 Å². The third-order valence-electron chi connectivity index (χ3n) is 2.21. The Hall–Kier alpha value is -1.26. The van der Waals surface area contributed by atoms with Gasteiger partial charge in [0.25, 0.3) is 0 Å². The molecular weight excluding hydrogens is 232 g/mol. The van der Waals surface area contributed by atoms with Gasteiger partial charge >= 0.3 is 5.97 Å². The molecule has 0 bridgehead atoms. The molecule has 1 unspecified atom stereocenters. The van der Waals surface area contributed by atoms with Crippen molar-refractivity contribution in [2.75, 3.05) is 14.2 Å². The summed E-state index contributed by atoms with van der Waals surface area (Å²) >= 11 is 5.80. The van der Waals surface area contributed by atoms with Crippen LogP contribution in [-0.2, 0) is 16.0 Å². The molecule has 0 spiro atoms.